The summed E-state index contributed by atoms with van der Waals surface area (Å²) < 4.78 is 0. The summed E-state index contributed by atoms with van der Waals surface area (Å²) in [5.41, 5.74) is 1.02. The van der Waals surface area contributed by atoms with Gasteiger partial charge in [-0.05, 0) is 31.2 Å². The molecule has 2 fully saturated rings. The lowest BCUT2D eigenvalue weighted by atomic mass is 10.2. The van der Waals surface area contributed by atoms with Crippen LogP contribution < -0.4 is 10.6 Å². The van der Waals surface area contributed by atoms with Gasteiger partial charge in [0.1, 0.15) is 0 Å². The SMILES string of the molecule is I.O=C1CCCN1CCCNC(=NCc1ccc([N+](=O)[O-])cc1)NC1CCCC1. The van der Waals surface area contributed by atoms with E-state index in [0.717, 1.165) is 56.8 Å². The van der Waals surface area contributed by atoms with Gasteiger partial charge < -0.3 is 15.5 Å². The third kappa shape index (κ3) is 7.45. The van der Waals surface area contributed by atoms with Crippen molar-refractivity contribution < 1.29 is 9.72 Å². The Morgan fingerprint density at radius 2 is 1.93 bits per heavy atom. The van der Waals surface area contributed by atoms with E-state index in [1.165, 1.54) is 25.0 Å². The van der Waals surface area contributed by atoms with Crippen molar-refractivity contribution in [2.75, 3.05) is 19.6 Å². The predicted molar refractivity (Wildman–Crippen MR) is 123 cm³/mol. The number of nitro benzene ring substituents is 1. The standard InChI is InChI=1S/C20H29N5O3.HI/c26-19-7-3-13-24(19)14-4-12-21-20(23-17-5-1-2-6-17)22-15-16-8-10-18(11-9-16)25(27)28;/h8-11,17H,1-7,12-15H2,(H2,21,22,23);1H. The van der Waals surface area contributed by atoms with E-state index in [9.17, 15) is 14.9 Å². The Morgan fingerprint density at radius 1 is 1.21 bits per heavy atom. The molecule has 0 aromatic heterocycles. The maximum absolute atomic E-state index is 11.7. The molecule has 29 heavy (non-hydrogen) atoms. The minimum Gasteiger partial charge on any atom is -0.356 e. The van der Waals surface area contributed by atoms with Crippen LogP contribution in [0, 0.1) is 10.1 Å². The Balaban J connectivity index is 0.00000300. The molecule has 160 valence electrons. The summed E-state index contributed by atoms with van der Waals surface area (Å²) >= 11 is 0. The van der Waals surface area contributed by atoms with E-state index in [1.54, 1.807) is 12.1 Å². The average Bonchev–Trinajstić information content (AvgIpc) is 3.35. The minimum atomic E-state index is -0.396. The third-order valence-corrected chi connectivity index (χ3v) is 5.33. The fourth-order valence-corrected chi connectivity index (χ4v) is 3.73. The number of hydrogen-bond acceptors (Lipinski definition) is 4. The van der Waals surface area contributed by atoms with E-state index >= 15 is 0 Å². The first-order chi connectivity index (χ1) is 13.6. The first-order valence-corrected chi connectivity index (χ1v) is 10.2. The second kappa shape index (κ2) is 11.9. The third-order valence-electron chi connectivity index (χ3n) is 5.33. The molecule has 9 heteroatoms. The molecule has 0 atom stereocenters. The maximum atomic E-state index is 11.7. The molecule has 1 saturated heterocycles. The lowest BCUT2D eigenvalue weighted by molar-refractivity contribution is -0.384. The van der Waals surface area contributed by atoms with Crippen LogP contribution in [-0.4, -0.2) is 47.4 Å². The molecule has 0 unspecified atom stereocenters. The Kier molecular flexibility index (Phi) is 9.62. The fourth-order valence-electron chi connectivity index (χ4n) is 3.73. The number of benzene rings is 1. The number of rotatable bonds is 8. The van der Waals surface area contributed by atoms with E-state index in [1.807, 2.05) is 4.90 Å². The first kappa shape index (κ1) is 23.4. The van der Waals surface area contributed by atoms with E-state index in [-0.39, 0.29) is 35.6 Å². The van der Waals surface area contributed by atoms with E-state index in [4.69, 9.17) is 0 Å². The number of hydrogen-bond donors (Lipinski definition) is 2. The molecule has 0 bridgehead atoms. The molecule has 0 spiro atoms. The van der Waals surface area contributed by atoms with Crippen LogP contribution >= 0.6 is 24.0 Å². The Bertz CT molecular complexity index is 705. The second-order valence-electron chi connectivity index (χ2n) is 7.48. The zero-order valence-electron chi connectivity index (χ0n) is 16.6. The van der Waals surface area contributed by atoms with E-state index < -0.39 is 4.92 Å². The molecule has 3 rings (SSSR count). The molecular formula is C20H30IN5O3. The number of non-ortho nitro benzene ring substituents is 1. The van der Waals surface area contributed by atoms with Crippen LogP contribution in [0.1, 0.15) is 50.5 Å². The van der Waals surface area contributed by atoms with Crippen LogP contribution in [0.2, 0.25) is 0 Å². The highest BCUT2D eigenvalue weighted by Crippen LogP contribution is 2.17. The Morgan fingerprint density at radius 3 is 2.55 bits per heavy atom. The highest BCUT2D eigenvalue weighted by atomic mass is 127. The van der Waals surface area contributed by atoms with Gasteiger partial charge in [-0.1, -0.05) is 25.0 Å². The highest BCUT2D eigenvalue weighted by Gasteiger charge is 2.19. The molecule has 1 aliphatic carbocycles. The summed E-state index contributed by atoms with van der Waals surface area (Å²) in [7, 11) is 0. The number of nitrogens with one attached hydrogen (secondary N) is 2. The van der Waals surface area contributed by atoms with Crippen LogP contribution in [0.25, 0.3) is 0 Å². The number of carbonyl (C=O) groups is 1. The van der Waals surface area contributed by atoms with Crippen molar-refractivity contribution in [3.63, 3.8) is 0 Å². The Labute approximate surface area is 188 Å². The van der Waals surface area contributed by atoms with Gasteiger partial charge in [0.15, 0.2) is 5.96 Å². The largest absolute Gasteiger partial charge is 0.356 e. The smallest absolute Gasteiger partial charge is 0.269 e. The van der Waals surface area contributed by atoms with Gasteiger partial charge >= 0.3 is 0 Å². The number of nitro groups is 1. The molecular weight excluding hydrogens is 485 g/mol. The lowest BCUT2D eigenvalue weighted by Crippen LogP contribution is -2.43. The van der Waals surface area contributed by atoms with Gasteiger partial charge in [0.2, 0.25) is 5.91 Å². The lowest BCUT2D eigenvalue weighted by Gasteiger charge is -2.19. The monoisotopic (exact) mass is 515 g/mol. The van der Waals surface area contributed by atoms with Gasteiger partial charge in [-0.15, -0.1) is 24.0 Å². The summed E-state index contributed by atoms with van der Waals surface area (Å²) in [5, 5.41) is 17.6. The number of nitrogens with zero attached hydrogens (tertiary/aromatic N) is 3. The van der Waals surface area contributed by atoms with Crippen molar-refractivity contribution in [3.8, 4) is 0 Å². The Hall–Kier alpha value is -1.91. The fraction of sp³-hybridized carbons (Fsp3) is 0.600. The number of likely N-dealkylation sites (tertiary alicyclic amines) is 1. The van der Waals surface area contributed by atoms with Crippen LogP contribution in [0.4, 0.5) is 5.69 Å². The maximum Gasteiger partial charge on any atom is 0.269 e. The molecule has 2 N–H and O–H groups in total. The molecule has 1 amide bonds. The van der Waals surface area contributed by atoms with Crippen molar-refractivity contribution >= 4 is 41.5 Å². The molecule has 1 heterocycles. The van der Waals surface area contributed by atoms with Gasteiger partial charge in [-0.25, -0.2) is 4.99 Å². The van der Waals surface area contributed by atoms with Gasteiger partial charge in [0, 0.05) is 44.2 Å². The highest BCUT2D eigenvalue weighted by molar-refractivity contribution is 14.0. The van der Waals surface area contributed by atoms with Gasteiger partial charge in [0.25, 0.3) is 5.69 Å². The van der Waals surface area contributed by atoms with Crippen molar-refractivity contribution in [3.05, 3.63) is 39.9 Å². The molecule has 2 aliphatic rings. The zero-order valence-corrected chi connectivity index (χ0v) is 19.0. The number of amides is 1. The quantitative estimate of drug-likeness (QED) is 0.138. The molecule has 1 aromatic carbocycles. The van der Waals surface area contributed by atoms with E-state index in [0.29, 0.717) is 19.0 Å². The summed E-state index contributed by atoms with van der Waals surface area (Å²) in [6.07, 6.45) is 7.32. The average molecular weight is 515 g/mol. The normalized spacial score (nSPS) is 17.3. The number of carbonyl (C=O) groups excluding carboxylic acids is 1. The predicted octanol–water partition coefficient (Wildman–Crippen LogP) is 3.20. The summed E-state index contributed by atoms with van der Waals surface area (Å²) in [5.74, 6) is 1.04. The first-order valence-electron chi connectivity index (χ1n) is 10.2. The van der Waals surface area contributed by atoms with Crippen molar-refractivity contribution in [1.82, 2.24) is 15.5 Å². The topological polar surface area (TPSA) is 99.9 Å². The molecule has 1 aromatic rings. The van der Waals surface area contributed by atoms with Crippen molar-refractivity contribution in [2.24, 2.45) is 4.99 Å². The van der Waals surface area contributed by atoms with Crippen LogP contribution in [0.3, 0.4) is 0 Å². The molecule has 1 saturated carbocycles. The summed E-state index contributed by atoms with van der Waals surface area (Å²) in [4.78, 5) is 28.6. The molecule has 1 aliphatic heterocycles. The molecule has 0 radical (unpaired) electrons. The van der Waals surface area contributed by atoms with Crippen LogP contribution in [0.15, 0.2) is 29.3 Å². The summed E-state index contributed by atoms with van der Waals surface area (Å²) in [6.45, 7) is 2.87. The van der Waals surface area contributed by atoms with Gasteiger partial charge in [-0.2, -0.15) is 0 Å². The summed E-state index contributed by atoms with van der Waals surface area (Å²) in [6, 6.07) is 6.95. The zero-order chi connectivity index (χ0) is 19.8. The van der Waals surface area contributed by atoms with Crippen LogP contribution in [0.5, 0.6) is 0 Å². The van der Waals surface area contributed by atoms with Crippen molar-refractivity contribution in [1.29, 1.82) is 0 Å². The van der Waals surface area contributed by atoms with Gasteiger partial charge in [0.05, 0.1) is 11.5 Å². The number of halogens is 1. The van der Waals surface area contributed by atoms with E-state index in [2.05, 4.69) is 15.6 Å². The minimum absolute atomic E-state index is 0. The van der Waals surface area contributed by atoms with Crippen LogP contribution in [-0.2, 0) is 11.3 Å². The molecule has 8 nitrogen and oxygen atoms in total. The number of guanidine groups is 1. The number of aliphatic imine (C=N–C) groups is 1. The second-order valence-corrected chi connectivity index (χ2v) is 7.48. The van der Waals surface area contributed by atoms with Crippen molar-refractivity contribution in [2.45, 2.75) is 57.5 Å². The van der Waals surface area contributed by atoms with Gasteiger partial charge in [-0.3, -0.25) is 14.9 Å².